The Morgan fingerprint density at radius 2 is 2.25 bits per heavy atom. The van der Waals surface area contributed by atoms with Gasteiger partial charge in [0.05, 0.1) is 0 Å². The number of rotatable bonds is 1. The number of nitrogens with one attached hydrogen (secondary N) is 1. The lowest BCUT2D eigenvalue weighted by Gasteiger charge is -1.67. The molecule has 0 heterocycles. The summed E-state index contributed by atoms with van der Waals surface area (Å²) in [6, 6.07) is 0. The lowest BCUT2D eigenvalue weighted by Crippen LogP contribution is -2.12. The van der Waals surface area contributed by atoms with Crippen molar-refractivity contribution < 1.29 is 0 Å². The van der Waals surface area contributed by atoms with E-state index in [0.29, 0.717) is 0 Å². The van der Waals surface area contributed by atoms with Gasteiger partial charge in [0.1, 0.15) is 0 Å². The molecule has 3 N–H and O–H groups in total. The molecule has 0 aliphatic carbocycles. The zero-order chi connectivity index (χ0) is 3.41. The minimum absolute atomic E-state index is 1.61. The van der Waals surface area contributed by atoms with E-state index >= 15 is 0 Å². The summed E-state index contributed by atoms with van der Waals surface area (Å²) in [6.45, 7) is 0. The molecule has 0 aromatic carbocycles. The molecule has 4 heavy (non-hydrogen) atoms. The Balaban J connectivity index is 2.30. The van der Waals surface area contributed by atoms with Crippen molar-refractivity contribution in [2.24, 2.45) is 11.1 Å². The van der Waals surface area contributed by atoms with E-state index in [2.05, 4.69) is 11.1 Å². The molecular formula is H3N4. The van der Waals surface area contributed by atoms with E-state index in [9.17, 15) is 0 Å². The predicted molar refractivity (Wildman–Crippen MR) is 11.9 cm³/mol. The summed E-state index contributed by atoms with van der Waals surface area (Å²) in [4.78, 5) is 0. The molecule has 0 aromatic heterocycles. The number of hydrazine groups is 1. The smallest absolute Gasteiger partial charge is 0.00269 e. The van der Waals surface area contributed by atoms with Crippen LogP contribution < -0.4 is 16.9 Å². The second-order valence-electron chi connectivity index (χ2n) is 0.229. The highest BCUT2D eigenvalue weighted by Crippen LogP contribution is 1.18. The SMILES string of the molecule is [N]=NNN. The van der Waals surface area contributed by atoms with Gasteiger partial charge in [-0.1, -0.05) is 0 Å². The van der Waals surface area contributed by atoms with Crippen LogP contribution in [0, 0.1) is 0 Å². The molecule has 0 saturated heterocycles. The minimum atomic E-state index is 1.61. The Labute approximate surface area is 23.4 Å². The minimum Gasteiger partial charge on any atom is -0.233 e. The fourth-order valence-electron chi connectivity index (χ4n) is 0. The molecule has 4 nitrogen and oxygen atoms in total. The normalized spacial score (nSPS) is 5.25. The average Bonchev–Trinajstić information content (AvgIpc) is 1.37. The maximum absolute atomic E-state index is 7.26. The highest BCUT2D eigenvalue weighted by molar-refractivity contribution is 3.78. The van der Waals surface area contributed by atoms with Gasteiger partial charge in [0.25, 0.3) is 0 Å². The van der Waals surface area contributed by atoms with Crippen LogP contribution >= 0.6 is 0 Å². The predicted octanol–water partition coefficient (Wildman–Crippen LogP) is -1.38. The van der Waals surface area contributed by atoms with Crippen LogP contribution in [0.25, 0.3) is 0 Å². The molecule has 0 aliphatic rings. The van der Waals surface area contributed by atoms with Crippen molar-refractivity contribution >= 4 is 0 Å². The van der Waals surface area contributed by atoms with Crippen LogP contribution in [0.15, 0.2) is 5.22 Å². The lowest BCUT2D eigenvalue weighted by molar-refractivity contribution is 0.752. The summed E-state index contributed by atoms with van der Waals surface area (Å²) in [5.74, 6) is 4.36. The molecular weight excluding hydrogens is 56.0 g/mol. The lowest BCUT2D eigenvalue weighted by atomic mass is 12.5. The van der Waals surface area contributed by atoms with Gasteiger partial charge in [-0.25, -0.2) is 11.4 Å². The van der Waals surface area contributed by atoms with Crippen LogP contribution in [0.4, 0.5) is 0 Å². The van der Waals surface area contributed by atoms with Crippen molar-refractivity contribution in [2.75, 3.05) is 0 Å². The molecule has 0 aliphatic heterocycles. The van der Waals surface area contributed by atoms with E-state index in [1.807, 2.05) is 0 Å². The van der Waals surface area contributed by atoms with E-state index in [1.165, 1.54) is 0 Å². The number of hydrogen-bond acceptors (Lipinski definition) is 2. The average molecular weight is 59.1 g/mol. The van der Waals surface area contributed by atoms with Gasteiger partial charge in [0.2, 0.25) is 0 Å². The second kappa shape index (κ2) is 2.36. The summed E-state index contributed by atoms with van der Waals surface area (Å²) in [5, 5.41) is 2.26. The van der Waals surface area contributed by atoms with E-state index in [0.717, 1.165) is 0 Å². The summed E-state index contributed by atoms with van der Waals surface area (Å²) in [6.07, 6.45) is 0. The van der Waals surface area contributed by atoms with Gasteiger partial charge in [0, 0.05) is 0 Å². The van der Waals surface area contributed by atoms with Crippen molar-refractivity contribution in [1.82, 2.24) is 11.1 Å². The topological polar surface area (TPSA) is 72.7 Å². The van der Waals surface area contributed by atoms with Crippen LogP contribution in [0.1, 0.15) is 0 Å². The first kappa shape index (κ1) is 3.36. The number of hydrogen-bond donors (Lipinski definition) is 2. The third kappa shape index (κ3) is 1.36. The Hall–Kier alpha value is -0.640. The van der Waals surface area contributed by atoms with Crippen LogP contribution in [0.3, 0.4) is 0 Å². The second-order valence-corrected chi connectivity index (χ2v) is 0.229. The zero-order valence-electron chi connectivity index (χ0n) is 1.97. The van der Waals surface area contributed by atoms with E-state index < -0.39 is 0 Å². The van der Waals surface area contributed by atoms with Crippen molar-refractivity contribution in [3.8, 4) is 0 Å². The van der Waals surface area contributed by atoms with E-state index in [4.69, 9.17) is 5.53 Å². The van der Waals surface area contributed by atoms with Gasteiger partial charge in [-0.15, -0.1) is 0 Å². The quantitative estimate of drug-likeness (QED) is 0.222. The molecule has 0 amide bonds. The Bertz CT molecular complexity index is 14.0. The van der Waals surface area contributed by atoms with Crippen molar-refractivity contribution in [3.05, 3.63) is 0 Å². The molecule has 0 unspecified atom stereocenters. The molecule has 0 bridgehead atoms. The maximum Gasteiger partial charge on any atom is -0.00269 e. The van der Waals surface area contributed by atoms with Gasteiger partial charge < -0.3 is 0 Å². The number of nitrogens with two attached hydrogens (primary N) is 1. The largest absolute Gasteiger partial charge is 0.233 e. The van der Waals surface area contributed by atoms with Crippen LogP contribution in [-0.2, 0) is 0 Å². The third-order valence-corrected chi connectivity index (χ3v) is 0.0577. The molecule has 1 radical (unpaired) electrons. The highest BCUT2D eigenvalue weighted by atomic mass is 15.5. The fourth-order valence-corrected chi connectivity index (χ4v) is 0. The zero-order valence-corrected chi connectivity index (χ0v) is 1.97. The van der Waals surface area contributed by atoms with Gasteiger partial charge in [-0.3, -0.25) is 0 Å². The first-order valence-corrected chi connectivity index (χ1v) is 0.712. The molecule has 4 heteroatoms. The Kier molecular flexibility index (Phi) is 1.98. The molecule has 0 aromatic rings. The van der Waals surface area contributed by atoms with Crippen molar-refractivity contribution in [1.29, 1.82) is 0 Å². The summed E-state index contributed by atoms with van der Waals surface area (Å²) in [7, 11) is 0. The fraction of sp³-hybridized carbons (Fsp3) is 0. The third-order valence-electron chi connectivity index (χ3n) is 0.0577. The maximum atomic E-state index is 7.26. The van der Waals surface area contributed by atoms with Gasteiger partial charge in [-0.05, 0) is 10.8 Å². The molecule has 0 rings (SSSR count). The van der Waals surface area contributed by atoms with Crippen molar-refractivity contribution in [2.45, 2.75) is 0 Å². The first-order valence-electron chi connectivity index (χ1n) is 0.712. The Morgan fingerprint density at radius 1 is 2.00 bits per heavy atom. The molecule has 0 saturated carbocycles. The summed E-state index contributed by atoms with van der Waals surface area (Å²) < 4.78 is 0. The van der Waals surface area contributed by atoms with Crippen LogP contribution in [0.5, 0.6) is 0 Å². The van der Waals surface area contributed by atoms with Gasteiger partial charge >= 0.3 is 0 Å². The van der Waals surface area contributed by atoms with Crippen LogP contribution in [0.2, 0.25) is 0 Å². The Morgan fingerprint density at radius 3 is 2.25 bits per heavy atom. The van der Waals surface area contributed by atoms with Gasteiger partial charge in [-0.2, -0.15) is 0 Å². The molecule has 0 fully saturated rings. The van der Waals surface area contributed by atoms with E-state index in [-0.39, 0.29) is 0 Å². The monoisotopic (exact) mass is 59.0 g/mol. The summed E-state index contributed by atoms with van der Waals surface area (Å²) >= 11 is 0. The summed E-state index contributed by atoms with van der Waals surface area (Å²) in [5.41, 5.74) is 8.88. The molecule has 23 valence electrons. The molecule has 0 spiro atoms. The first-order chi connectivity index (χ1) is 1.91. The highest BCUT2D eigenvalue weighted by Gasteiger charge is 1.37. The van der Waals surface area contributed by atoms with E-state index in [1.54, 1.807) is 5.53 Å². The van der Waals surface area contributed by atoms with Crippen molar-refractivity contribution in [3.63, 3.8) is 0 Å². The standard InChI is InChI=1S/H3N4/c1-3-4-2/h3H,1H2. The molecule has 0 atom stereocenters. The van der Waals surface area contributed by atoms with Crippen LogP contribution in [-0.4, -0.2) is 0 Å². The number of nitrogens with zero attached hydrogens (tertiary/aromatic N) is 2. The van der Waals surface area contributed by atoms with Gasteiger partial charge in [0.15, 0.2) is 0 Å².